The minimum atomic E-state index is -3.66. The second-order valence-corrected chi connectivity index (χ2v) is 9.45. The number of hydrogen-bond donors (Lipinski definition) is 2. The Kier molecular flexibility index (Phi) is 5.91. The van der Waals surface area contributed by atoms with Gasteiger partial charge in [-0.25, -0.2) is 4.79 Å². The maximum atomic E-state index is 12.1. The molecule has 2 saturated heterocycles. The van der Waals surface area contributed by atoms with E-state index >= 15 is 0 Å². The zero-order valence-corrected chi connectivity index (χ0v) is 15.9. The normalized spacial score (nSPS) is 25.5. The highest BCUT2D eigenvalue weighted by Gasteiger charge is 2.42. The van der Waals surface area contributed by atoms with Crippen LogP contribution in [-0.2, 0) is 14.3 Å². The van der Waals surface area contributed by atoms with Gasteiger partial charge in [0.1, 0.15) is 0 Å². The van der Waals surface area contributed by atoms with Gasteiger partial charge in [-0.1, -0.05) is 30.5 Å². The van der Waals surface area contributed by atoms with E-state index in [9.17, 15) is 13.2 Å². The van der Waals surface area contributed by atoms with Gasteiger partial charge in [-0.15, -0.1) is 0 Å². The van der Waals surface area contributed by atoms with E-state index in [1.165, 1.54) is 0 Å². The van der Waals surface area contributed by atoms with Crippen molar-refractivity contribution in [3.8, 4) is 0 Å². The number of carbonyl (C=O) groups excluding carboxylic acids is 1. The Hall–Kier alpha value is -1.25. The minimum absolute atomic E-state index is 0.0602. The van der Waals surface area contributed by atoms with Crippen LogP contribution in [0.1, 0.15) is 31.2 Å². The summed E-state index contributed by atoms with van der Waals surface area (Å²) < 4.78 is 29.2. The topological polar surface area (TPSA) is 84.5 Å². The van der Waals surface area contributed by atoms with Crippen LogP contribution in [0.15, 0.2) is 29.2 Å². The molecule has 2 N–H and O–H groups in total. The number of hydrogen-bond acceptors (Lipinski definition) is 5. The van der Waals surface area contributed by atoms with Crippen LogP contribution in [0.5, 0.6) is 0 Å². The van der Waals surface area contributed by atoms with E-state index in [-0.39, 0.29) is 29.6 Å². The number of fused-ring (bicyclic) bond motifs is 1. The zero-order chi connectivity index (χ0) is 17.9. The summed E-state index contributed by atoms with van der Waals surface area (Å²) in [5, 5.41) is 6.37. The second-order valence-electron chi connectivity index (χ2n) is 6.56. The van der Waals surface area contributed by atoms with E-state index in [1.807, 2.05) is 18.7 Å². The summed E-state index contributed by atoms with van der Waals surface area (Å²) in [6.07, 6.45) is 3.66. The number of aryl methyl sites for hydroxylation is 1. The van der Waals surface area contributed by atoms with E-state index in [0.29, 0.717) is 11.7 Å². The molecule has 0 aromatic heterocycles. The summed E-state index contributed by atoms with van der Waals surface area (Å²) in [5.74, 6) is 0.964. The minimum Gasteiger partial charge on any atom is -0.332 e. The third-order valence-corrected chi connectivity index (χ3v) is 7.45. The second kappa shape index (κ2) is 7.97. The molecule has 6 nitrogen and oxygen atoms in total. The Morgan fingerprint density at radius 1 is 1.16 bits per heavy atom. The Balaban J connectivity index is 1.34. The number of benzene rings is 1. The van der Waals surface area contributed by atoms with Gasteiger partial charge in [0.25, 0.3) is 10.1 Å². The van der Waals surface area contributed by atoms with Crippen LogP contribution in [0, 0.1) is 6.92 Å². The van der Waals surface area contributed by atoms with Crippen molar-refractivity contribution in [3.05, 3.63) is 29.8 Å². The van der Waals surface area contributed by atoms with Gasteiger partial charge >= 0.3 is 6.03 Å². The van der Waals surface area contributed by atoms with Crippen LogP contribution >= 0.6 is 11.8 Å². The highest BCUT2D eigenvalue weighted by molar-refractivity contribution is 8.00. The number of rotatable bonds is 8. The van der Waals surface area contributed by atoms with Crippen LogP contribution < -0.4 is 10.6 Å². The van der Waals surface area contributed by atoms with E-state index in [2.05, 4.69) is 10.6 Å². The van der Waals surface area contributed by atoms with Crippen molar-refractivity contribution in [2.45, 2.75) is 54.8 Å². The SMILES string of the molecule is Cc1ccc(S(=O)(=O)OCCCCC[C@@H]2SC[C@@H]3NC(=O)N[C@@H]32)cc1. The van der Waals surface area contributed by atoms with Crippen molar-refractivity contribution in [3.63, 3.8) is 0 Å². The van der Waals surface area contributed by atoms with Crippen molar-refractivity contribution in [2.24, 2.45) is 0 Å². The van der Waals surface area contributed by atoms with Gasteiger partial charge in [0.05, 0.1) is 23.6 Å². The van der Waals surface area contributed by atoms with Gasteiger partial charge in [0, 0.05) is 11.0 Å². The quantitative estimate of drug-likeness (QED) is 0.408. The first kappa shape index (κ1) is 18.5. The Morgan fingerprint density at radius 3 is 2.68 bits per heavy atom. The third-order valence-electron chi connectivity index (χ3n) is 4.62. The number of unbranched alkanes of at least 4 members (excludes halogenated alkanes) is 2. The lowest BCUT2D eigenvalue weighted by atomic mass is 10.0. The van der Waals surface area contributed by atoms with Crippen molar-refractivity contribution >= 4 is 27.9 Å². The van der Waals surface area contributed by atoms with E-state index in [1.54, 1.807) is 24.3 Å². The van der Waals surface area contributed by atoms with Crippen molar-refractivity contribution in [2.75, 3.05) is 12.4 Å². The van der Waals surface area contributed by atoms with Crippen LogP contribution in [0.25, 0.3) is 0 Å². The molecule has 2 amide bonds. The number of urea groups is 1. The predicted octanol–water partition coefficient (Wildman–Crippen LogP) is 2.43. The summed E-state index contributed by atoms with van der Waals surface area (Å²) in [6, 6.07) is 7.10. The average molecular weight is 385 g/mol. The van der Waals surface area contributed by atoms with E-state index in [4.69, 9.17) is 4.18 Å². The highest BCUT2D eigenvalue weighted by atomic mass is 32.2. The monoisotopic (exact) mass is 384 g/mol. The first-order valence-electron chi connectivity index (χ1n) is 8.60. The molecule has 1 aromatic rings. The molecule has 138 valence electrons. The summed E-state index contributed by atoms with van der Waals surface area (Å²) in [5.41, 5.74) is 1.01. The lowest BCUT2D eigenvalue weighted by Gasteiger charge is -2.16. The number of thioether (sulfide) groups is 1. The molecule has 1 aromatic carbocycles. The van der Waals surface area contributed by atoms with Gasteiger partial charge in [-0.05, 0) is 31.9 Å². The fourth-order valence-corrected chi connectivity index (χ4v) is 5.70. The molecule has 8 heteroatoms. The van der Waals surface area contributed by atoms with Gasteiger partial charge in [0.15, 0.2) is 0 Å². The zero-order valence-electron chi connectivity index (χ0n) is 14.2. The number of nitrogens with one attached hydrogen (secondary N) is 2. The molecule has 0 spiro atoms. The van der Waals surface area contributed by atoms with Crippen LogP contribution in [0.3, 0.4) is 0 Å². The molecule has 2 aliphatic heterocycles. The van der Waals surface area contributed by atoms with Gasteiger partial charge in [-0.3, -0.25) is 4.18 Å². The highest BCUT2D eigenvalue weighted by Crippen LogP contribution is 2.33. The summed E-state index contributed by atoms with van der Waals surface area (Å²) in [7, 11) is -3.66. The lowest BCUT2D eigenvalue weighted by Crippen LogP contribution is -2.36. The van der Waals surface area contributed by atoms with Gasteiger partial charge in [0.2, 0.25) is 0 Å². The molecular formula is C17H24N2O4S2. The third kappa shape index (κ3) is 4.68. The number of carbonyl (C=O) groups is 1. The molecule has 2 heterocycles. The maximum Gasteiger partial charge on any atom is 0.315 e. The van der Waals surface area contributed by atoms with Crippen LogP contribution in [-0.4, -0.2) is 44.1 Å². The molecule has 0 radical (unpaired) electrons. The van der Waals surface area contributed by atoms with Crippen LogP contribution in [0.2, 0.25) is 0 Å². The molecule has 0 unspecified atom stereocenters. The molecule has 0 bridgehead atoms. The van der Waals surface area contributed by atoms with Gasteiger partial charge in [-0.2, -0.15) is 20.2 Å². The smallest absolute Gasteiger partial charge is 0.315 e. The van der Waals surface area contributed by atoms with Crippen molar-refractivity contribution in [1.82, 2.24) is 10.6 Å². The molecule has 3 atom stereocenters. The Morgan fingerprint density at radius 2 is 1.92 bits per heavy atom. The van der Waals surface area contributed by atoms with E-state index < -0.39 is 10.1 Å². The first-order chi connectivity index (χ1) is 12.0. The van der Waals surface area contributed by atoms with Crippen molar-refractivity contribution < 1.29 is 17.4 Å². The summed E-state index contributed by atoms with van der Waals surface area (Å²) in [6.45, 7) is 2.12. The number of amides is 2. The van der Waals surface area contributed by atoms with E-state index in [0.717, 1.165) is 30.6 Å². The van der Waals surface area contributed by atoms with Crippen molar-refractivity contribution in [1.29, 1.82) is 0 Å². The standard InChI is InChI=1S/C17H24N2O4S2/c1-12-6-8-13(9-7-12)25(21,22)23-10-4-2-3-5-15-16-14(11-24-15)18-17(20)19-16/h6-9,14-16H,2-5,10-11H2,1H3,(H2,18,19,20)/t14-,15-,16-/m0/s1. The molecule has 0 aliphatic carbocycles. The summed E-state index contributed by atoms with van der Waals surface area (Å²) >= 11 is 1.90. The predicted molar refractivity (Wildman–Crippen MR) is 98.3 cm³/mol. The molecule has 3 rings (SSSR count). The average Bonchev–Trinajstić information content (AvgIpc) is 3.11. The molecule has 25 heavy (non-hydrogen) atoms. The Bertz CT molecular complexity index is 706. The fraction of sp³-hybridized carbons (Fsp3) is 0.588. The van der Waals surface area contributed by atoms with Gasteiger partial charge < -0.3 is 10.6 Å². The first-order valence-corrected chi connectivity index (χ1v) is 11.1. The maximum absolute atomic E-state index is 12.1. The molecule has 0 saturated carbocycles. The molecular weight excluding hydrogens is 360 g/mol. The van der Waals surface area contributed by atoms with Crippen LogP contribution in [0.4, 0.5) is 4.79 Å². The summed E-state index contributed by atoms with van der Waals surface area (Å²) in [4.78, 5) is 11.5. The molecule has 2 fully saturated rings. The Labute approximate surface area is 153 Å². The lowest BCUT2D eigenvalue weighted by molar-refractivity contribution is 0.247. The molecule has 2 aliphatic rings. The largest absolute Gasteiger partial charge is 0.332 e. The fourth-order valence-electron chi connectivity index (χ4n) is 3.21.